The van der Waals surface area contributed by atoms with Gasteiger partial charge in [-0.25, -0.2) is 9.67 Å². The SMILES string of the molecule is Cc1oc(-n2cccc2)c(C#N)c1C(=O)Nc1ncn(Cc2ccccn2)n1. The van der Waals surface area contributed by atoms with Gasteiger partial charge in [0.1, 0.15) is 29.3 Å². The summed E-state index contributed by atoms with van der Waals surface area (Å²) in [6.45, 7) is 2.06. The van der Waals surface area contributed by atoms with Crippen LogP contribution >= 0.6 is 0 Å². The second-order valence-corrected chi connectivity index (χ2v) is 5.96. The van der Waals surface area contributed by atoms with Crippen LogP contribution in [0.1, 0.15) is 27.4 Å². The van der Waals surface area contributed by atoms with Crippen LogP contribution in [0.3, 0.4) is 0 Å². The minimum atomic E-state index is -0.508. The van der Waals surface area contributed by atoms with Gasteiger partial charge >= 0.3 is 0 Å². The van der Waals surface area contributed by atoms with Gasteiger partial charge in [-0.3, -0.25) is 19.7 Å². The van der Waals surface area contributed by atoms with Gasteiger partial charge in [0.25, 0.3) is 5.91 Å². The first-order valence-corrected chi connectivity index (χ1v) is 8.43. The van der Waals surface area contributed by atoms with Gasteiger partial charge in [-0.1, -0.05) is 6.07 Å². The zero-order chi connectivity index (χ0) is 19.5. The van der Waals surface area contributed by atoms with Gasteiger partial charge in [0, 0.05) is 18.6 Å². The van der Waals surface area contributed by atoms with Crippen molar-refractivity contribution in [2.24, 2.45) is 0 Å². The molecule has 0 aliphatic carbocycles. The van der Waals surface area contributed by atoms with Crippen LogP contribution in [0.5, 0.6) is 0 Å². The van der Waals surface area contributed by atoms with E-state index in [1.165, 1.54) is 6.33 Å². The van der Waals surface area contributed by atoms with Crippen LogP contribution in [0.4, 0.5) is 5.95 Å². The Morgan fingerprint density at radius 1 is 1.25 bits per heavy atom. The fourth-order valence-electron chi connectivity index (χ4n) is 2.81. The molecule has 4 rings (SSSR count). The normalized spacial score (nSPS) is 10.6. The summed E-state index contributed by atoms with van der Waals surface area (Å²) >= 11 is 0. The second-order valence-electron chi connectivity index (χ2n) is 5.96. The number of nitrogens with zero attached hydrogens (tertiary/aromatic N) is 6. The van der Waals surface area contributed by atoms with E-state index in [4.69, 9.17) is 4.42 Å². The van der Waals surface area contributed by atoms with Crippen molar-refractivity contribution >= 4 is 11.9 Å². The largest absolute Gasteiger partial charge is 0.443 e. The molecule has 0 radical (unpaired) electrons. The molecule has 0 aliphatic rings. The first-order valence-electron chi connectivity index (χ1n) is 8.43. The molecule has 0 fully saturated rings. The molecule has 28 heavy (non-hydrogen) atoms. The topological polar surface area (TPSA) is 115 Å². The lowest BCUT2D eigenvalue weighted by molar-refractivity contribution is 0.102. The van der Waals surface area contributed by atoms with Crippen molar-refractivity contribution in [2.45, 2.75) is 13.5 Å². The Morgan fingerprint density at radius 2 is 2.07 bits per heavy atom. The van der Waals surface area contributed by atoms with E-state index >= 15 is 0 Å². The molecule has 4 aromatic rings. The maximum Gasteiger partial charge on any atom is 0.263 e. The van der Waals surface area contributed by atoms with E-state index in [1.54, 1.807) is 46.9 Å². The minimum Gasteiger partial charge on any atom is -0.443 e. The number of furan rings is 1. The zero-order valence-corrected chi connectivity index (χ0v) is 14.9. The second kappa shape index (κ2) is 7.20. The molecule has 1 N–H and O–H groups in total. The minimum absolute atomic E-state index is 0.132. The predicted molar refractivity (Wildman–Crippen MR) is 98.8 cm³/mol. The van der Waals surface area contributed by atoms with E-state index in [9.17, 15) is 10.1 Å². The summed E-state index contributed by atoms with van der Waals surface area (Å²) in [5, 5.41) is 16.4. The maximum atomic E-state index is 12.7. The maximum absolute atomic E-state index is 12.7. The average Bonchev–Trinajstić information content (AvgIpc) is 3.42. The monoisotopic (exact) mass is 373 g/mol. The summed E-state index contributed by atoms with van der Waals surface area (Å²) < 4.78 is 8.86. The van der Waals surface area contributed by atoms with Gasteiger partial charge in [0.15, 0.2) is 0 Å². The molecule has 0 bridgehead atoms. The smallest absolute Gasteiger partial charge is 0.263 e. The summed E-state index contributed by atoms with van der Waals surface area (Å²) in [6, 6.07) is 11.2. The third kappa shape index (κ3) is 3.26. The number of amides is 1. The summed E-state index contributed by atoms with van der Waals surface area (Å²) in [7, 11) is 0. The number of hydrogen-bond acceptors (Lipinski definition) is 6. The molecule has 0 unspecified atom stereocenters. The van der Waals surface area contributed by atoms with Crippen LogP contribution in [0.25, 0.3) is 5.88 Å². The van der Waals surface area contributed by atoms with E-state index < -0.39 is 5.91 Å². The number of pyridine rings is 1. The van der Waals surface area contributed by atoms with Crippen LogP contribution in [-0.2, 0) is 6.54 Å². The Balaban J connectivity index is 1.56. The highest BCUT2D eigenvalue weighted by molar-refractivity contribution is 6.06. The van der Waals surface area contributed by atoms with Gasteiger partial charge in [0.05, 0.1) is 12.2 Å². The van der Waals surface area contributed by atoms with Crippen LogP contribution in [0.15, 0.2) is 59.7 Å². The Kier molecular flexibility index (Phi) is 4.43. The van der Waals surface area contributed by atoms with Crippen molar-refractivity contribution in [2.75, 3.05) is 5.32 Å². The number of anilines is 1. The predicted octanol–water partition coefficient (Wildman–Crippen LogP) is 2.54. The number of hydrogen-bond donors (Lipinski definition) is 1. The average molecular weight is 373 g/mol. The lowest BCUT2D eigenvalue weighted by Gasteiger charge is -2.01. The Morgan fingerprint density at radius 3 is 2.79 bits per heavy atom. The number of nitrogens with one attached hydrogen (secondary N) is 1. The number of rotatable bonds is 5. The van der Waals surface area contributed by atoms with Gasteiger partial charge in [-0.15, -0.1) is 5.10 Å². The molecule has 9 nitrogen and oxygen atoms in total. The number of carbonyl (C=O) groups excluding carboxylic acids is 1. The lowest BCUT2D eigenvalue weighted by atomic mass is 10.1. The zero-order valence-electron chi connectivity index (χ0n) is 14.9. The third-order valence-corrected chi connectivity index (χ3v) is 4.06. The van der Waals surface area contributed by atoms with Gasteiger partial charge < -0.3 is 4.42 Å². The molecular weight excluding hydrogens is 358 g/mol. The van der Waals surface area contributed by atoms with Crippen LogP contribution in [-0.4, -0.2) is 30.2 Å². The number of carbonyl (C=O) groups is 1. The van der Waals surface area contributed by atoms with Gasteiger partial charge in [-0.2, -0.15) is 5.26 Å². The summed E-state index contributed by atoms with van der Waals surface area (Å²) in [4.78, 5) is 21.1. The van der Waals surface area contributed by atoms with Gasteiger partial charge in [0.2, 0.25) is 11.8 Å². The van der Waals surface area contributed by atoms with Crippen molar-refractivity contribution < 1.29 is 9.21 Å². The third-order valence-electron chi connectivity index (χ3n) is 4.06. The molecule has 4 heterocycles. The van der Waals surface area contributed by atoms with Crippen LogP contribution in [0, 0.1) is 18.3 Å². The molecule has 9 heteroatoms. The van der Waals surface area contributed by atoms with Crippen molar-refractivity contribution in [3.8, 4) is 12.0 Å². The molecule has 0 saturated heterocycles. The fraction of sp³-hybridized carbons (Fsp3) is 0.105. The number of nitriles is 1. The Labute approximate surface area is 159 Å². The molecule has 0 spiro atoms. The Hall–Kier alpha value is -4.19. The first-order chi connectivity index (χ1) is 13.7. The number of aryl methyl sites for hydroxylation is 1. The highest BCUT2D eigenvalue weighted by atomic mass is 16.4. The van der Waals surface area contributed by atoms with E-state index in [0.717, 1.165) is 5.69 Å². The summed E-state index contributed by atoms with van der Waals surface area (Å²) in [6.07, 6.45) is 6.68. The highest BCUT2D eigenvalue weighted by Crippen LogP contribution is 2.26. The van der Waals surface area contributed by atoms with E-state index in [1.807, 2.05) is 24.3 Å². The molecule has 1 amide bonds. The van der Waals surface area contributed by atoms with Gasteiger partial charge in [-0.05, 0) is 31.2 Å². The summed E-state index contributed by atoms with van der Waals surface area (Å²) in [5.41, 5.74) is 1.13. The Bertz CT molecular complexity index is 1150. The molecule has 0 aromatic carbocycles. The quantitative estimate of drug-likeness (QED) is 0.575. The molecule has 4 aromatic heterocycles. The molecule has 0 atom stereocenters. The van der Waals surface area contributed by atoms with E-state index in [0.29, 0.717) is 18.2 Å². The first kappa shape index (κ1) is 17.2. The lowest BCUT2D eigenvalue weighted by Crippen LogP contribution is -2.15. The standard InChI is InChI=1S/C19H15N7O2/c1-13-16(15(10-20)18(28-13)25-8-4-5-9-25)17(27)23-19-22-12-26(24-19)11-14-6-2-3-7-21-14/h2-9,12H,11H2,1H3,(H,23,24,27). The molecule has 138 valence electrons. The van der Waals surface area contributed by atoms with Crippen molar-refractivity contribution in [3.05, 3.63) is 77.8 Å². The van der Waals surface area contributed by atoms with E-state index in [-0.39, 0.29) is 17.1 Å². The van der Waals surface area contributed by atoms with Crippen molar-refractivity contribution in [3.63, 3.8) is 0 Å². The molecule has 0 saturated carbocycles. The summed E-state index contributed by atoms with van der Waals surface area (Å²) in [5.74, 6) is 0.259. The van der Waals surface area contributed by atoms with Crippen LogP contribution < -0.4 is 5.32 Å². The number of aromatic nitrogens is 5. The van der Waals surface area contributed by atoms with Crippen LogP contribution in [0.2, 0.25) is 0 Å². The molecular formula is C19H15N7O2. The molecule has 0 aliphatic heterocycles. The highest BCUT2D eigenvalue weighted by Gasteiger charge is 2.25. The fourth-order valence-corrected chi connectivity index (χ4v) is 2.81. The van der Waals surface area contributed by atoms with Crippen molar-refractivity contribution in [1.82, 2.24) is 24.3 Å². The van der Waals surface area contributed by atoms with Crippen molar-refractivity contribution in [1.29, 1.82) is 5.26 Å². The van der Waals surface area contributed by atoms with E-state index in [2.05, 4.69) is 20.4 Å².